The van der Waals surface area contributed by atoms with Gasteiger partial charge in [0.1, 0.15) is 5.82 Å². The second-order valence-electron chi connectivity index (χ2n) is 7.12. The van der Waals surface area contributed by atoms with Crippen molar-refractivity contribution in [3.63, 3.8) is 0 Å². The van der Waals surface area contributed by atoms with E-state index in [9.17, 15) is 18.0 Å². The van der Waals surface area contributed by atoms with Gasteiger partial charge in [-0.25, -0.2) is 9.97 Å². The molecule has 0 radical (unpaired) electrons. The summed E-state index contributed by atoms with van der Waals surface area (Å²) in [7, 11) is 0. The minimum atomic E-state index is -4.76. The Morgan fingerprint density at radius 2 is 1.65 bits per heavy atom. The fourth-order valence-corrected chi connectivity index (χ4v) is 3.54. The molecule has 0 bridgehead atoms. The predicted octanol–water partition coefficient (Wildman–Crippen LogP) is 5.99. The van der Waals surface area contributed by atoms with E-state index in [0.29, 0.717) is 28.5 Å². The molecule has 158 valence electrons. The van der Waals surface area contributed by atoms with Crippen molar-refractivity contribution in [2.75, 3.05) is 0 Å². The lowest BCUT2D eigenvalue weighted by Gasteiger charge is -2.16. The average molecular weight is 444 g/mol. The number of aryl methyl sites for hydroxylation is 2. The van der Waals surface area contributed by atoms with Crippen LogP contribution in [0.4, 0.5) is 13.2 Å². The molecular formula is C23H17ClF3N3O. The number of benzene rings is 2. The summed E-state index contributed by atoms with van der Waals surface area (Å²) in [4.78, 5) is 22.0. The third-order valence-electron chi connectivity index (χ3n) is 4.96. The van der Waals surface area contributed by atoms with Crippen molar-refractivity contribution < 1.29 is 13.2 Å². The van der Waals surface area contributed by atoms with Gasteiger partial charge >= 0.3 is 6.18 Å². The van der Waals surface area contributed by atoms with E-state index < -0.39 is 22.7 Å². The van der Waals surface area contributed by atoms with Crippen LogP contribution in [-0.4, -0.2) is 14.5 Å². The Balaban J connectivity index is 2.08. The van der Waals surface area contributed by atoms with Crippen molar-refractivity contribution in [2.45, 2.75) is 26.4 Å². The van der Waals surface area contributed by atoms with Crippen molar-refractivity contribution in [3.8, 4) is 16.9 Å². The molecule has 0 spiro atoms. The van der Waals surface area contributed by atoms with Gasteiger partial charge in [-0.3, -0.25) is 9.36 Å². The van der Waals surface area contributed by atoms with E-state index in [1.807, 2.05) is 6.92 Å². The molecule has 0 amide bonds. The van der Waals surface area contributed by atoms with Gasteiger partial charge in [-0.05, 0) is 37.3 Å². The highest BCUT2D eigenvalue weighted by molar-refractivity contribution is 6.30. The molecule has 0 unspecified atom stereocenters. The van der Waals surface area contributed by atoms with Gasteiger partial charge < -0.3 is 0 Å². The molecule has 4 nitrogen and oxygen atoms in total. The molecule has 2 aromatic heterocycles. The van der Waals surface area contributed by atoms with Gasteiger partial charge in [0.2, 0.25) is 0 Å². The summed E-state index contributed by atoms with van der Waals surface area (Å²) in [6.07, 6.45) is -4.42. The van der Waals surface area contributed by atoms with Gasteiger partial charge in [0.25, 0.3) is 5.56 Å². The van der Waals surface area contributed by atoms with Crippen molar-refractivity contribution in [1.29, 1.82) is 0 Å². The van der Waals surface area contributed by atoms with Crippen LogP contribution in [0.5, 0.6) is 0 Å². The maximum atomic E-state index is 14.0. The summed E-state index contributed by atoms with van der Waals surface area (Å²) < 4.78 is 43.2. The Labute approximate surface area is 181 Å². The molecule has 0 saturated heterocycles. The first-order valence-electron chi connectivity index (χ1n) is 9.56. The van der Waals surface area contributed by atoms with E-state index in [1.165, 1.54) is 4.57 Å². The molecule has 0 saturated carbocycles. The Morgan fingerprint density at radius 1 is 1.00 bits per heavy atom. The van der Waals surface area contributed by atoms with Crippen LogP contribution < -0.4 is 5.56 Å². The molecule has 0 atom stereocenters. The van der Waals surface area contributed by atoms with Crippen LogP contribution in [0.25, 0.3) is 28.0 Å². The molecule has 0 aliphatic carbocycles. The lowest BCUT2D eigenvalue weighted by molar-refractivity contribution is -0.136. The molecule has 2 aromatic carbocycles. The normalized spacial score (nSPS) is 11.8. The third kappa shape index (κ3) is 3.93. The number of hydrogen-bond donors (Lipinski definition) is 0. The van der Waals surface area contributed by atoms with Crippen molar-refractivity contribution in [2.24, 2.45) is 0 Å². The van der Waals surface area contributed by atoms with Crippen LogP contribution >= 0.6 is 11.6 Å². The van der Waals surface area contributed by atoms with Crippen molar-refractivity contribution in [3.05, 3.63) is 86.9 Å². The van der Waals surface area contributed by atoms with Crippen LogP contribution in [0.3, 0.4) is 0 Å². The summed E-state index contributed by atoms with van der Waals surface area (Å²) in [5, 5.41) is -0.101. The fourth-order valence-electron chi connectivity index (χ4n) is 3.41. The van der Waals surface area contributed by atoms with Crippen LogP contribution in [0.1, 0.15) is 23.9 Å². The van der Waals surface area contributed by atoms with E-state index in [0.717, 1.165) is 11.6 Å². The number of pyridine rings is 1. The SMILES string of the molecule is CCc1nc2nc(-c3ccc(Cl)cc3)cc(C(F)(F)F)c2c(=O)n1-c1ccc(C)cc1. The molecule has 31 heavy (non-hydrogen) atoms. The highest BCUT2D eigenvalue weighted by atomic mass is 35.5. The number of halogens is 4. The fraction of sp³-hybridized carbons (Fsp3) is 0.174. The molecule has 4 aromatic rings. The minimum absolute atomic E-state index is 0.0681. The highest BCUT2D eigenvalue weighted by Crippen LogP contribution is 2.35. The quantitative estimate of drug-likeness (QED) is 0.390. The van der Waals surface area contributed by atoms with Crippen LogP contribution in [-0.2, 0) is 12.6 Å². The Bertz CT molecular complexity index is 1330. The summed E-state index contributed by atoms with van der Waals surface area (Å²) in [6, 6.07) is 14.1. The molecule has 0 aliphatic heterocycles. The number of hydrogen-bond acceptors (Lipinski definition) is 3. The van der Waals surface area contributed by atoms with E-state index >= 15 is 0 Å². The van der Waals surface area contributed by atoms with E-state index in [-0.39, 0.29) is 11.3 Å². The van der Waals surface area contributed by atoms with Crippen molar-refractivity contribution >= 4 is 22.6 Å². The molecular weight excluding hydrogens is 427 g/mol. The highest BCUT2D eigenvalue weighted by Gasteiger charge is 2.36. The van der Waals surface area contributed by atoms with Gasteiger partial charge in [-0.15, -0.1) is 0 Å². The zero-order valence-corrected chi connectivity index (χ0v) is 17.4. The van der Waals surface area contributed by atoms with Crippen molar-refractivity contribution in [1.82, 2.24) is 14.5 Å². The zero-order chi connectivity index (χ0) is 22.3. The first-order chi connectivity index (χ1) is 14.7. The third-order valence-corrected chi connectivity index (χ3v) is 5.22. The largest absolute Gasteiger partial charge is 0.417 e. The van der Waals surface area contributed by atoms with E-state index in [1.54, 1.807) is 55.5 Å². The van der Waals surface area contributed by atoms with E-state index in [2.05, 4.69) is 9.97 Å². The number of aromatic nitrogens is 3. The molecule has 4 rings (SSSR count). The lowest BCUT2D eigenvalue weighted by Crippen LogP contribution is -2.26. The minimum Gasteiger partial charge on any atom is -0.268 e. The monoisotopic (exact) mass is 443 g/mol. The second-order valence-corrected chi connectivity index (χ2v) is 7.55. The summed E-state index contributed by atoms with van der Waals surface area (Å²) in [5.41, 5.74) is -0.162. The van der Waals surface area contributed by atoms with E-state index in [4.69, 9.17) is 11.6 Å². The summed E-state index contributed by atoms with van der Waals surface area (Å²) in [6.45, 7) is 3.67. The van der Waals surface area contributed by atoms with Crippen LogP contribution in [0, 0.1) is 6.92 Å². The molecule has 0 fully saturated rings. The lowest BCUT2D eigenvalue weighted by atomic mass is 10.1. The number of nitrogens with zero attached hydrogens (tertiary/aromatic N) is 3. The summed E-state index contributed by atoms with van der Waals surface area (Å²) in [5.74, 6) is 0.329. The second kappa shape index (κ2) is 7.81. The smallest absolute Gasteiger partial charge is 0.268 e. The van der Waals surface area contributed by atoms with Crippen LogP contribution in [0.2, 0.25) is 5.02 Å². The molecule has 8 heteroatoms. The first-order valence-corrected chi connectivity index (χ1v) is 9.93. The number of fused-ring (bicyclic) bond motifs is 1. The zero-order valence-electron chi connectivity index (χ0n) is 16.7. The first kappa shape index (κ1) is 21.1. The van der Waals surface area contributed by atoms with Gasteiger partial charge in [0, 0.05) is 17.0 Å². The topological polar surface area (TPSA) is 47.8 Å². The van der Waals surface area contributed by atoms with Gasteiger partial charge in [0.05, 0.1) is 22.3 Å². The Morgan fingerprint density at radius 3 is 2.23 bits per heavy atom. The standard InChI is InChI=1S/C23H17ClF3N3O/c1-3-19-29-21-20(22(31)30(19)16-10-4-13(2)5-11-16)17(23(25,26)27)12-18(28-21)14-6-8-15(24)9-7-14/h4-12H,3H2,1-2H3. The summed E-state index contributed by atoms with van der Waals surface area (Å²) >= 11 is 5.89. The Hall–Kier alpha value is -3.19. The predicted molar refractivity (Wildman–Crippen MR) is 115 cm³/mol. The van der Waals surface area contributed by atoms with Gasteiger partial charge in [0.15, 0.2) is 5.65 Å². The molecule has 2 heterocycles. The Kier molecular flexibility index (Phi) is 5.31. The number of rotatable bonds is 3. The number of alkyl halides is 3. The molecule has 0 N–H and O–H groups in total. The van der Waals surface area contributed by atoms with Gasteiger partial charge in [-0.2, -0.15) is 13.2 Å². The van der Waals surface area contributed by atoms with Crippen LogP contribution in [0.15, 0.2) is 59.4 Å². The maximum Gasteiger partial charge on any atom is 0.417 e. The van der Waals surface area contributed by atoms with Gasteiger partial charge in [-0.1, -0.05) is 48.4 Å². The average Bonchev–Trinajstić information content (AvgIpc) is 2.73. The maximum absolute atomic E-state index is 14.0. The molecule has 0 aliphatic rings.